The third-order valence-electron chi connectivity index (χ3n) is 3.08. The van der Waals surface area contributed by atoms with Crippen molar-refractivity contribution < 1.29 is 5.11 Å². The van der Waals surface area contributed by atoms with Crippen LogP contribution in [0.3, 0.4) is 0 Å². The molecule has 0 aliphatic carbocycles. The predicted molar refractivity (Wildman–Crippen MR) is 70.8 cm³/mol. The van der Waals surface area contributed by atoms with Crippen molar-refractivity contribution in [2.24, 2.45) is 0 Å². The smallest absolute Gasteiger partial charge is 0.0585 e. The van der Waals surface area contributed by atoms with Crippen LogP contribution in [0, 0.1) is 0 Å². The first kappa shape index (κ1) is 15.9. The molecule has 16 heavy (non-hydrogen) atoms. The fourth-order valence-electron chi connectivity index (χ4n) is 1.92. The van der Waals surface area contributed by atoms with Crippen LogP contribution in [0.5, 0.6) is 0 Å². The van der Waals surface area contributed by atoms with Gasteiger partial charge in [-0.05, 0) is 33.4 Å². The van der Waals surface area contributed by atoms with Crippen LogP contribution in [0.15, 0.2) is 0 Å². The topological polar surface area (TPSA) is 35.5 Å². The molecule has 0 aliphatic heterocycles. The number of aliphatic hydroxyl groups is 1. The van der Waals surface area contributed by atoms with Crippen molar-refractivity contribution in [1.29, 1.82) is 0 Å². The molecule has 98 valence electrons. The molecule has 0 fully saturated rings. The van der Waals surface area contributed by atoms with Crippen molar-refractivity contribution in [2.75, 3.05) is 20.2 Å². The summed E-state index contributed by atoms with van der Waals surface area (Å²) in [6.07, 6.45) is 3.50. The van der Waals surface area contributed by atoms with Crippen LogP contribution in [0.25, 0.3) is 0 Å². The van der Waals surface area contributed by atoms with E-state index in [2.05, 4.69) is 45.0 Å². The summed E-state index contributed by atoms with van der Waals surface area (Å²) in [5.41, 5.74) is 0. The van der Waals surface area contributed by atoms with Crippen molar-refractivity contribution >= 4 is 0 Å². The Morgan fingerprint density at radius 2 is 1.81 bits per heavy atom. The third-order valence-corrected chi connectivity index (χ3v) is 3.08. The van der Waals surface area contributed by atoms with E-state index in [0.717, 1.165) is 13.0 Å². The second-order valence-corrected chi connectivity index (χ2v) is 5.11. The van der Waals surface area contributed by atoms with Crippen LogP contribution in [0.1, 0.15) is 47.0 Å². The lowest BCUT2D eigenvalue weighted by Crippen LogP contribution is -2.41. The van der Waals surface area contributed by atoms with E-state index in [1.165, 1.54) is 12.8 Å². The lowest BCUT2D eigenvalue weighted by Gasteiger charge is -2.27. The molecular formula is C13H30N2O. The minimum Gasteiger partial charge on any atom is -0.395 e. The molecule has 0 saturated heterocycles. The van der Waals surface area contributed by atoms with Crippen LogP contribution in [0.4, 0.5) is 0 Å². The normalized spacial score (nSPS) is 15.8. The molecule has 0 bridgehead atoms. The van der Waals surface area contributed by atoms with Crippen molar-refractivity contribution in [3.8, 4) is 0 Å². The van der Waals surface area contributed by atoms with Gasteiger partial charge in [-0.2, -0.15) is 0 Å². The molecule has 0 aromatic rings. The van der Waals surface area contributed by atoms with E-state index in [4.69, 9.17) is 0 Å². The molecule has 0 aromatic heterocycles. The highest BCUT2D eigenvalue weighted by atomic mass is 16.3. The fourth-order valence-corrected chi connectivity index (χ4v) is 1.92. The second kappa shape index (κ2) is 8.97. The van der Waals surface area contributed by atoms with Gasteiger partial charge in [0.2, 0.25) is 0 Å². The van der Waals surface area contributed by atoms with Gasteiger partial charge in [0.15, 0.2) is 0 Å². The summed E-state index contributed by atoms with van der Waals surface area (Å²) in [6, 6.07) is 1.31. The zero-order chi connectivity index (χ0) is 12.6. The Morgan fingerprint density at radius 1 is 1.19 bits per heavy atom. The molecule has 0 amide bonds. The molecule has 2 N–H and O–H groups in total. The molecule has 0 rings (SSSR count). The first-order chi connectivity index (χ1) is 7.51. The zero-order valence-electron chi connectivity index (χ0n) is 11.7. The summed E-state index contributed by atoms with van der Waals surface area (Å²) < 4.78 is 0. The molecule has 0 aromatic carbocycles. The Kier molecular flexibility index (Phi) is 8.90. The molecule has 2 atom stereocenters. The first-order valence-corrected chi connectivity index (χ1v) is 6.58. The minimum absolute atomic E-state index is 0.230. The molecule has 0 radical (unpaired) electrons. The maximum Gasteiger partial charge on any atom is 0.0585 e. The largest absolute Gasteiger partial charge is 0.395 e. The maximum atomic E-state index is 9.25. The van der Waals surface area contributed by atoms with E-state index < -0.39 is 0 Å². The van der Waals surface area contributed by atoms with E-state index in [-0.39, 0.29) is 12.6 Å². The molecule has 3 nitrogen and oxygen atoms in total. The highest BCUT2D eigenvalue weighted by Crippen LogP contribution is 2.05. The minimum atomic E-state index is 0.230. The Morgan fingerprint density at radius 3 is 2.25 bits per heavy atom. The van der Waals surface area contributed by atoms with Gasteiger partial charge in [0.05, 0.1) is 6.61 Å². The van der Waals surface area contributed by atoms with Crippen molar-refractivity contribution in [2.45, 2.75) is 65.1 Å². The first-order valence-electron chi connectivity index (χ1n) is 6.58. The van der Waals surface area contributed by atoms with Crippen molar-refractivity contribution in [3.63, 3.8) is 0 Å². The lowest BCUT2D eigenvalue weighted by molar-refractivity contribution is 0.191. The van der Waals surface area contributed by atoms with Gasteiger partial charge in [-0.15, -0.1) is 0 Å². The fraction of sp³-hybridized carbons (Fsp3) is 1.00. The van der Waals surface area contributed by atoms with E-state index in [1.807, 2.05) is 0 Å². The third kappa shape index (κ3) is 7.20. The number of hydrogen-bond acceptors (Lipinski definition) is 3. The summed E-state index contributed by atoms with van der Waals surface area (Å²) in [5.74, 6) is 0. The van der Waals surface area contributed by atoms with Gasteiger partial charge in [-0.1, -0.05) is 27.2 Å². The summed E-state index contributed by atoms with van der Waals surface area (Å²) >= 11 is 0. The van der Waals surface area contributed by atoms with Gasteiger partial charge in [0, 0.05) is 18.1 Å². The van der Waals surface area contributed by atoms with Gasteiger partial charge >= 0.3 is 0 Å². The van der Waals surface area contributed by atoms with Crippen LogP contribution in [0.2, 0.25) is 0 Å². The highest BCUT2D eigenvalue weighted by Gasteiger charge is 2.12. The zero-order valence-corrected chi connectivity index (χ0v) is 11.7. The second-order valence-electron chi connectivity index (χ2n) is 5.11. The van der Waals surface area contributed by atoms with Gasteiger partial charge in [0.1, 0.15) is 0 Å². The summed E-state index contributed by atoms with van der Waals surface area (Å²) in [6.45, 7) is 10.0. The lowest BCUT2D eigenvalue weighted by atomic mass is 10.1. The van der Waals surface area contributed by atoms with E-state index >= 15 is 0 Å². The SMILES string of the molecule is CCCC(C)N(C)CCC(CO)NC(C)C. The monoisotopic (exact) mass is 230 g/mol. The quantitative estimate of drug-likeness (QED) is 0.634. The number of rotatable bonds is 9. The number of nitrogens with one attached hydrogen (secondary N) is 1. The molecule has 0 spiro atoms. The van der Waals surface area contributed by atoms with Crippen molar-refractivity contribution in [3.05, 3.63) is 0 Å². The molecule has 0 heterocycles. The van der Waals surface area contributed by atoms with Gasteiger partial charge in [0.25, 0.3) is 0 Å². The standard InChI is InChI=1S/C13H30N2O/c1-6-7-12(4)15(5)9-8-13(10-16)14-11(2)3/h11-14,16H,6-10H2,1-5H3. The van der Waals surface area contributed by atoms with Crippen LogP contribution < -0.4 is 5.32 Å². The summed E-state index contributed by atoms with van der Waals surface area (Å²) in [7, 11) is 2.17. The maximum absolute atomic E-state index is 9.25. The average Bonchev–Trinajstić information content (AvgIpc) is 2.23. The Bertz CT molecular complexity index is 162. The Balaban J connectivity index is 3.82. The molecule has 0 aliphatic rings. The van der Waals surface area contributed by atoms with Gasteiger partial charge in [-0.3, -0.25) is 0 Å². The van der Waals surface area contributed by atoms with Gasteiger partial charge in [-0.25, -0.2) is 0 Å². The Hall–Kier alpha value is -0.120. The highest BCUT2D eigenvalue weighted by molar-refractivity contribution is 4.71. The van der Waals surface area contributed by atoms with E-state index in [0.29, 0.717) is 12.1 Å². The predicted octanol–water partition coefficient (Wildman–Crippen LogP) is 1.86. The van der Waals surface area contributed by atoms with E-state index in [1.54, 1.807) is 0 Å². The summed E-state index contributed by atoms with van der Waals surface area (Å²) in [4.78, 5) is 2.38. The molecule has 3 heteroatoms. The number of hydrogen-bond donors (Lipinski definition) is 2. The van der Waals surface area contributed by atoms with Crippen LogP contribution >= 0.6 is 0 Å². The molecule has 2 unspecified atom stereocenters. The Labute approximate surface area is 101 Å². The van der Waals surface area contributed by atoms with E-state index in [9.17, 15) is 5.11 Å². The van der Waals surface area contributed by atoms with Crippen LogP contribution in [-0.4, -0.2) is 48.3 Å². The number of aliphatic hydroxyl groups excluding tert-OH is 1. The average molecular weight is 230 g/mol. The van der Waals surface area contributed by atoms with Crippen molar-refractivity contribution in [1.82, 2.24) is 10.2 Å². The van der Waals surface area contributed by atoms with Crippen LogP contribution in [-0.2, 0) is 0 Å². The number of nitrogens with zero attached hydrogens (tertiary/aromatic N) is 1. The molecule has 0 saturated carbocycles. The molecular weight excluding hydrogens is 200 g/mol. The van der Waals surface area contributed by atoms with Gasteiger partial charge < -0.3 is 15.3 Å². The summed E-state index contributed by atoms with van der Waals surface area (Å²) in [5, 5.41) is 12.6.